The second kappa shape index (κ2) is 4.99. The second-order valence-electron chi connectivity index (χ2n) is 4.19. The van der Waals surface area contributed by atoms with Gasteiger partial charge in [0.2, 0.25) is 11.8 Å². The molecule has 0 bridgehead atoms. The maximum absolute atomic E-state index is 5.66. The SMILES string of the molecule is CCNc1nc(OCC(C)C)c2[nH]cnc2n1. The van der Waals surface area contributed by atoms with Crippen LogP contribution in [0, 0.1) is 5.92 Å². The number of fused-ring (bicyclic) bond motifs is 1. The van der Waals surface area contributed by atoms with Crippen molar-refractivity contribution in [2.24, 2.45) is 5.92 Å². The van der Waals surface area contributed by atoms with Gasteiger partial charge >= 0.3 is 0 Å². The standard InChI is InChI=1S/C11H17N5O/c1-4-12-11-15-9-8(13-6-14-9)10(16-11)17-5-7(2)3/h6-7H,4-5H2,1-3H3,(H2,12,13,14,15,16). The molecule has 6 nitrogen and oxygen atoms in total. The zero-order valence-electron chi connectivity index (χ0n) is 10.3. The Hall–Kier alpha value is -1.85. The molecule has 0 amide bonds. The highest BCUT2D eigenvalue weighted by atomic mass is 16.5. The quantitative estimate of drug-likeness (QED) is 0.826. The molecule has 0 aliphatic carbocycles. The first-order valence-corrected chi connectivity index (χ1v) is 5.78. The molecule has 2 N–H and O–H groups in total. The number of nitrogens with one attached hydrogen (secondary N) is 2. The summed E-state index contributed by atoms with van der Waals surface area (Å²) in [6, 6.07) is 0. The van der Waals surface area contributed by atoms with Crippen molar-refractivity contribution in [1.29, 1.82) is 0 Å². The van der Waals surface area contributed by atoms with E-state index in [2.05, 4.69) is 39.1 Å². The van der Waals surface area contributed by atoms with Crippen molar-refractivity contribution in [3.8, 4) is 5.88 Å². The maximum atomic E-state index is 5.66. The minimum absolute atomic E-state index is 0.450. The molecule has 0 spiro atoms. The molecule has 0 fully saturated rings. The van der Waals surface area contributed by atoms with Crippen LogP contribution in [0.4, 0.5) is 5.95 Å². The number of hydrogen-bond donors (Lipinski definition) is 2. The lowest BCUT2D eigenvalue weighted by Gasteiger charge is -2.09. The van der Waals surface area contributed by atoms with Crippen molar-refractivity contribution in [3.05, 3.63) is 6.33 Å². The second-order valence-corrected chi connectivity index (χ2v) is 4.19. The Balaban J connectivity index is 2.32. The van der Waals surface area contributed by atoms with Crippen LogP contribution in [0.15, 0.2) is 6.33 Å². The summed E-state index contributed by atoms with van der Waals surface area (Å²) < 4.78 is 5.66. The van der Waals surface area contributed by atoms with Gasteiger partial charge in [-0.3, -0.25) is 0 Å². The van der Waals surface area contributed by atoms with Crippen molar-refractivity contribution in [1.82, 2.24) is 19.9 Å². The molecule has 2 aromatic rings. The normalized spacial score (nSPS) is 11.1. The van der Waals surface area contributed by atoms with Gasteiger partial charge in [0.15, 0.2) is 5.65 Å². The number of imidazole rings is 1. The van der Waals surface area contributed by atoms with E-state index in [9.17, 15) is 0 Å². The first-order chi connectivity index (χ1) is 8.20. The van der Waals surface area contributed by atoms with E-state index in [1.54, 1.807) is 6.33 Å². The lowest BCUT2D eigenvalue weighted by atomic mass is 10.2. The maximum Gasteiger partial charge on any atom is 0.245 e. The van der Waals surface area contributed by atoms with Crippen LogP contribution >= 0.6 is 0 Å². The summed E-state index contributed by atoms with van der Waals surface area (Å²) in [7, 11) is 0. The molecule has 0 saturated heterocycles. The fourth-order valence-corrected chi connectivity index (χ4v) is 1.39. The Morgan fingerprint density at radius 3 is 2.94 bits per heavy atom. The zero-order valence-corrected chi connectivity index (χ0v) is 10.3. The van der Waals surface area contributed by atoms with Crippen LogP contribution in [0.3, 0.4) is 0 Å². The smallest absolute Gasteiger partial charge is 0.245 e. The molecule has 0 atom stereocenters. The molecular weight excluding hydrogens is 218 g/mol. The number of hydrogen-bond acceptors (Lipinski definition) is 5. The van der Waals surface area contributed by atoms with Crippen LogP contribution in [0.25, 0.3) is 11.2 Å². The number of rotatable bonds is 5. The molecule has 0 aromatic carbocycles. The highest BCUT2D eigenvalue weighted by molar-refractivity contribution is 5.76. The average molecular weight is 235 g/mol. The van der Waals surface area contributed by atoms with E-state index in [4.69, 9.17) is 4.74 Å². The average Bonchev–Trinajstić information content (AvgIpc) is 2.74. The van der Waals surface area contributed by atoms with E-state index in [0.29, 0.717) is 30.0 Å². The number of ether oxygens (including phenoxy) is 1. The largest absolute Gasteiger partial charge is 0.476 e. The van der Waals surface area contributed by atoms with Gasteiger partial charge in [-0.1, -0.05) is 13.8 Å². The molecule has 92 valence electrons. The first-order valence-electron chi connectivity index (χ1n) is 5.78. The van der Waals surface area contributed by atoms with Crippen molar-refractivity contribution >= 4 is 17.1 Å². The number of anilines is 1. The monoisotopic (exact) mass is 235 g/mol. The van der Waals surface area contributed by atoms with Gasteiger partial charge in [0, 0.05) is 6.54 Å². The topological polar surface area (TPSA) is 75.7 Å². The van der Waals surface area contributed by atoms with Gasteiger partial charge in [-0.2, -0.15) is 9.97 Å². The Kier molecular flexibility index (Phi) is 3.41. The number of H-pyrrole nitrogens is 1. The first kappa shape index (κ1) is 11.6. The molecule has 0 saturated carbocycles. The van der Waals surface area contributed by atoms with Gasteiger partial charge in [0.1, 0.15) is 5.52 Å². The Bertz CT molecular complexity index is 494. The summed E-state index contributed by atoms with van der Waals surface area (Å²) in [5.74, 6) is 1.55. The third-order valence-corrected chi connectivity index (χ3v) is 2.14. The molecule has 2 heterocycles. The van der Waals surface area contributed by atoms with E-state index < -0.39 is 0 Å². The fraction of sp³-hybridized carbons (Fsp3) is 0.545. The molecule has 2 rings (SSSR count). The van der Waals surface area contributed by atoms with E-state index in [1.807, 2.05) is 6.92 Å². The van der Waals surface area contributed by atoms with Gasteiger partial charge in [-0.25, -0.2) is 4.98 Å². The number of aromatic nitrogens is 4. The minimum atomic E-state index is 0.450. The summed E-state index contributed by atoms with van der Waals surface area (Å²) in [5, 5.41) is 3.06. The molecule has 17 heavy (non-hydrogen) atoms. The Morgan fingerprint density at radius 2 is 2.24 bits per heavy atom. The van der Waals surface area contributed by atoms with Gasteiger partial charge < -0.3 is 15.0 Å². The third kappa shape index (κ3) is 2.64. The van der Waals surface area contributed by atoms with Crippen LogP contribution in [0.5, 0.6) is 5.88 Å². The van der Waals surface area contributed by atoms with Crippen LogP contribution in [-0.2, 0) is 0 Å². The van der Waals surface area contributed by atoms with Gasteiger partial charge in [-0.15, -0.1) is 0 Å². The predicted octanol–water partition coefficient (Wildman–Crippen LogP) is 1.82. The summed E-state index contributed by atoms with van der Waals surface area (Å²) in [4.78, 5) is 15.7. The third-order valence-electron chi connectivity index (χ3n) is 2.14. The molecule has 2 aromatic heterocycles. The summed E-state index contributed by atoms with van der Waals surface area (Å²) >= 11 is 0. The van der Waals surface area contributed by atoms with Gasteiger partial charge in [-0.05, 0) is 12.8 Å². The van der Waals surface area contributed by atoms with E-state index >= 15 is 0 Å². The molecule has 0 aliphatic heterocycles. The summed E-state index contributed by atoms with van der Waals surface area (Å²) in [5.41, 5.74) is 1.36. The van der Waals surface area contributed by atoms with Crippen molar-refractivity contribution < 1.29 is 4.74 Å². The number of nitrogens with zero attached hydrogens (tertiary/aromatic N) is 3. The molecular formula is C11H17N5O. The van der Waals surface area contributed by atoms with E-state index in [-0.39, 0.29) is 0 Å². The van der Waals surface area contributed by atoms with E-state index in [0.717, 1.165) is 12.1 Å². The number of aromatic amines is 1. The Morgan fingerprint density at radius 1 is 1.41 bits per heavy atom. The van der Waals surface area contributed by atoms with Gasteiger partial charge in [0.25, 0.3) is 0 Å². The van der Waals surface area contributed by atoms with Crippen LogP contribution < -0.4 is 10.1 Å². The highest BCUT2D eigenvalue weighted by Crippen LogP contribution is 2.21. The summed E-state index contributed by atoms with van der Waals surface area (Å²) in [6.45, 7) is 7.57. The van der Waals surface area contributed by atoms with Crippen molar-refractivity contribution in [3.63, 3.8) is 0 Å². The lowest BCUT2D eigenvalue weighted by molar-refractivity contribution is 0.264. The molecule has 0 unspecified atom stereocenters. The molecule has 0 aliphatic rings. The zero-order chi connectivity index (χ0) is 12.3. The lowest BCUT2D eigenvalue weighted by Crippen LogP contribution is -2.09. The van der Waals surface area contributed by atoms with E-state index in [1.165, 1.54) is 0 Å². The van der Waals surface area contributed by atoms with Gasteiger partial charge in [0.05, 0.1) is 12.9 Å². The summed E-state index contributed by atoms with van der Waals surface area (Å²) in [6.07, 6.45) is 1.59. The molecule has 0 radical (unpaired) electrons. The van der Waals surface area contributed by atoms with Crippen molar-refractivity contribution in [2.75, 3.05) is 18.5 Å². The van der Waals surface area contributed by atoms with Crippen LogP contribution in [-0.4, -0.2) is 33.1 Å². The highest BCUT2D eigenvalue weighted by Gasteiger charge is 2.11. The Labute approximate surface area is 99.8 Å². The minimum Gasteiger partial charge on any atom is -0.476 e. The predicted molar refractivity (Wildman–Crippen MR) is 66.2 cm³/mol. The van der Waals surface area contributed by atoms with Crippen LogP contribution in [0.1, 0.15) is 20.8 Å². The van der Waals surface area contributed by atoms with Crippen LogP contribution in [0.2, 0.25) is 0 Å². The van der Waals surface area contributed by atoms with Crippen molar-refractivity contribution in [2.45, 2.75) is 20.8 Å². The fourth-order valence-electron chi connectivity index (χ4n) is 1.39. The molecule has 6 heteroatoms.